The molecule has 0 atom stereocenters. The van der Waals surface area contributed by atoms with Gasteiger partial charge in [-0.2, -0.15) is 0 Å². The molecule has 0 aromatic heterocycles. The van der Waals surface area contributed by atoms with E-state index in [1.165, 1.54) is 150 Å². The number of benzene rings is 2. The van der Waals surface area contributed by atoms with Gasteiger partial charge in [0.1, 0.15) is 0 Å². The topological polar surface area (TPSA) is 24.7 Å². The molecule has 0 amide bonds. The van der Waals surface area contributed by atoms with Crippen LogP contribution in [0.15, 0.2) is 52.4 Å². The van der Waals surface area contributed by atoms with Gasteiger partial charge in [-0.3, -0.25) is 9.98 Å². The Bertz CT molecular complexity index is 1050. The third-order valence-corrected chi connectivity index (χ3v) is 8.83. The average molecular weight is 707 g/mol. The number of hydrogen-bond acceptors (Lipinski definition) is 2. The van der Waals surface area contributed by atoms with E-state index in [4.69, 9.17) is 9.98 Å². The summed E-state index contributed by atoms with van der Waals surface area (Å²) in [5.74, 6) is 0. The Kier molecular flexibility index (Phi) is 25.4. The molecule has 0 saturated carbocycles. The molecule has 0 saturated heterocycles. The Balaban J connectivity index is 0.0000101. The van der Waals surface area contributed by atoms with Crippen molar-refractivity contribution in [2.24, 2.45) is 9.98 Å². The number of aryl methyl sites for hydroxylation is 3. The molecule has 0 aliphatic rings. The maximum Gasteiger partial charge on any atom is 0.0639 e. The van der Waals surface area contributed by atoms with Crippen LogP contribution in [0.5, 0.6) is 0 Å². The Hall–Kier alpha value is -1.56. The van der Waals surface area contributed by atoms with E-state index < -0.39 is 0 Å². The summed E-state index contributed by atoms with van der Waals surface area (Å²) < 4.78 is 0. The van der Waals surface area contributed by atoms with Crippen LogP contribution < -0.4 is 0 Å². The Morgan fingerprint density at radius 2 is 0.911 bits per heavy atom. The van der Waals surface area contributed by atoms with Crippen molar-refractivity contribution in [3.8, 4) is 0 Å². The van der Waals surface area contributed by atoms with Gasteiger partial charge in [0, 0.05) is 20.4 Å². The molecule has 0 aliphatic carbocycles. The first-order valence-electron chi connectivity index (χ1n) is 18.9. The molecule has 0 N–H and O–H groups in total. The summed E-state index contributed by atoms with van der Waals surface area (Å²) in [7, 11) is 0. The van der Waals surface area contributed by atoms with Gasteiger partial charge in [-0.25, -0.2) is 0 Å². The van der Waals surface area contributed by atoms with Crippen LogP contribution in [0.2, 0.25) is 0 Å². The second-order valence-electron chi connectivity index (χ2n) is 13.4. The summed E-state index contributed by atoms with van der Waals surface area (Å²) in [5, 5.41) is 0. The first-order chi connectivity index (χ1) is 21.5. The van der Waals surface area contributed by atoms with Gasteiger partial charge in [0.05, 0.1) is 22.8 Å². The smallest absolute Gasteiger partial charge is 0.0639 e. The molecule has 3 heteroatoms. The second-order valence-corrected chi connectivity index (χ2v) is 13.4. The molecule has 0 aliphatic heterocycles. The van der Waals surface area contributed by atoms with Crippen LogP contribution in [0.3, 0.4) is 0 Å². The molecule has 2 aromatic rings. The molecule has 2 aromatic carbocycles. The number of unbranched alkanes of at least 4 members (excludes halogenated alkanes) is 17. The van der Waals surface area contributed by atoms with Gasteiger partial charge < -0.3 is 0 Å². The van der Waals surface area contributed by atoms with Crippen LogP contribution in [0.4, 0.5) is 11.4 Å². The van der Waals surface area contributed by atoms with Crippen LogP contribution >= 0.6 is 0 Å². The van der Waals surface area contributed by atoms with Gasteiger partial charge in [-0.05, 0) is 93.3 Å². The standard InChI is InChI=1S/C42H68N2.Pd/c1-6-9-12-13-14-15-16-17-18-19-20-21-22-23-25-27-38-28-26-29-39(35-38)43-41(30-11-8-3)42(31-24-10-7-2)44-40-33-36(4)32-37(5)34-40;/h26,28-29,32-35H,6-25,27,30-31H2,1-5H3;/b43-41+,44-42-;. The van der Waals surface area contributed by atoms with Gasteiger partial charge in [0.2, 0.25) is 0 Å². The maximum absolute atomic E-state index is 5.28. The molecular weight excluding hydrogens is 639 g/mol. The van der Waals surface area contributed by atoms with E-state index in [0.29, 0.717) is 0 Å². The van der Waals surface area contributed by atoms with Gasteiger partial charge in [-0.15, -0.1) is 0 Å². The molecule has 45 heavy (non-hydrogen) atoms. The molecule has 0 heterocycles. The van der Waals surface area contributed by atoms with E-state index in [1.807, 2.05) is 0 Å². The number of hydrogen-bond donors (Lipinski definition) is 0. The summed E-state index contributed by atoms with van der Waals surface area (Å²) in [6.45, 7) is 11.2. The van der Waals surface area contributed by atoms with Gasteiger partial charge >= 0.3 is 0 Å². The molecule has 0 bridgehead atoms. The van der Waals surface area contributed by atoms with Crippen molar-refractivity contribution < 1.29 is 20.4 Å². The van der Waals surface area contributed by atoms with Crippen LogP contribution in [-0.4, -0.2) is 11.4 Å². The molecular formula is C42H68N2Pd. The fourth-order valence-corrected chi connectivity index (χ4v) is 6.22. The van der Waals surface area contributed by atoms with Crippen molar-refractivity contribution in [1.29, 1.82) is 0 Å². The zero-order valence-electron chi connectivity index (χ0n) is 30.0. The predicted octanol–water partition coefficient (Wildman–Crippen LogP) is 14.3. The van der Waals surface area contributed by atoms with Crippen molar-refractivity contribution in [1.82, 2.24) is 0 Å². The average Bonchev–Trinajstić information content (AvgIpc) is 3.00. The maximum atomic E-state index is 5.28. The zero-order valence-corrected chi connectivity index (χ0v) is 31.6. The van der Waals surface area contributed by atoms with E-state index in [2.05, 4.69) is 77.1 Å². The predicted molar refractivity (Wildman–Crippen MR) is 199 cm³/mol. The van der Waals surface area contributed by atoms with Crippen LogP contribution in [0.25, 0.3) is 0 Å². The van der Waals surface area contributed by atoms with E-state index in [-0.39, 0.29) is 20.4 Å². The monoisotopic (exact) mass is 706 g/mol. The van der Waals surface area contributed by atoms with Crippen LogP contribution in [-0.2, 0) is 26.8 Å². The largest absolute Gasteiger partial charge is 0.252 e. The first kappa shape index (κ1) is 41.5. The van der Waals surface area contributed by atoms with Crippen LogP contribution in [0, 0.1) is 13.8 Å². The van der Waals surface area contributed by atoms with E-state index in [9.17, 15) is 0 Å². The first-order valence-corrected chi connectivity index (χ1v) is 18.9. The van der Waals surface area contributed by atoms with E-state index >= 15 is 0 Å². The third kappa shape index (κ3) is 20.3. The Morgan fingerprint density at radius 1 is 0.467 bits per heavy atom. The Labute approximate surface area is 293 Å². The number of nitrogens with zero attached hydrogens (tertiary/aromatic N) is 2. The van der Waals surface area contributed by atoms with E-state index in [1.54, 1.807) is 0 Å². The van der Waals surface area contributed by atoms with Gasteiger partial charge in [-0.1, -0.05) is 148 Å². The molecule has 256 valence electrons. The van der Waals surface area contributed by atoms with Crippen molar-refractivity contribution >= 4 is 22.8 Å². The molecule has 0 unspecified atom stereocenters. The zero-order chi connectivity index (χ0) is 31.7. The fraction of sp³-hybridized carbons (Fsp3) is 0.667. The summed E-state index contributed by atoms with van der Waals surface area (Å²) in [6, 6.07) is 15.7. The minimum absolute atomic E-state index is 0. The number of rotatable bonds is 26. The van der Waals surface area contributed by atoms with Crippen molar-refractivity contribution in [2.75, 3.05) is 0 Å². The normalized spacial score (nSPS) is 12.0. The summed E-state index contributed by atoms with van der Waals surface area (Å²) in [6.07, 6.45) is 30.3. The van der Waals surface area contributed by atoms with E-state index in [0.717, 1.165) is 37.1 Å². The molecule has 2 nitrogen and oxygen atoms in total. The number of aliphatic imine (C=N–C) groups is 2. The fourth-order valence-electron chi connectivity index (χ4n) is 6.22. The second kappa shape index (κ2) is 27.5. The summed E-state index contributed by atoms with van der Waals surface area (Å²) >= 11 is 0. The van der Waals surface area contributed by atoms with Gasteiger partial charge in [0.15, 0.2) is 0 Å². The molecule has 0 radical (unpaired) electrons. The molecule has 0 fully saturated rings. The SMILES string of the molecule is CCCCCCCCCCCCCCCCCc1cccc(/N=C(CCCC)/C(CCCCC)=N\c2cc(C)cc(C)c2)c1.[Pd]. The third-order valence-electron chi connectivity index (χ3n) is 8.83. The van der Waals surface area contributed by atoms with Crippen molar-refractivity contribution in [3.63, 3.8) is 0 Å². The summed E-state index contributed by atoms with van der Waals surface area (Å²) in [4.78, 5) is 10.5. The molecule has 2 rings (SSSR count). The van der Waals surface area contributed by atoms with Crippen molar-refractivity contribution in [2.45, 2.75) is 182 Å². The van der Waals surface area contributed by atoms with Crippen molar-refractivity contribution in [3.05, 3.63) is 59.2 Å². The minimum Gasteiger partial charge on any atom is -0.252 e. The summed E-state index contributed by atoms with van der Waals surface area (Å²) in [5.41, 5.74) is 8.51. The quantitative estimate of drug-likeness (QED) is 0.0528. The molecule has 0 spiro atoms. The van der Waals surface area contributed by atoms with Crippen LogP contribution in [0.1, 0.15) is 179 Å². The minimum atomic E-state index is 0. The van der Waals surface area contributed by atoms with Gasteiger partial charge in [0.25, 0.3) is 0 Å². The Morgan fingerprint density at radius 3 is 1.44 bits per heavy atom.